The largest absolute Gasteiger partial charge is 0.492 e. The summed E-state index contributed by atoms with van der Waals surface area (Å²) in [5.74, 6) is 0.633. The van der Waals surface area contributed by atoms with E-state index in [2.05, 4.69) is 4.98 Å². The molecule has 0 saturated heterocycles. The molecule has 0 aliphatic heterocycles. The van der Waals surface area contributed by atoms with E-state index in [4.69, 9.17) is 55.9 Å². The van der Waals surface area contributed by atoms with E-state index in [-0.39, 0.29) is 16.6 Å². The van der Waals surface area contributed by atoms with Crippen LogP contribution in [0.25, 0.3) is 0 Å². The van der Waals surface area contributed by atoms with Crippen LogP contribution in [-0.2, 0) is 3.79 Å². The van der Waals surface area contributed by atoms with Crippen LogP contribution in [-0.4, -0.2) is 18.2 Å². The number of pyridine rings is 1. The number of rotatable bonds is 4. The number of aromatic nitrogens is 1. The monoisotopic (exact) mass is 331 g/mol. The number of alkyl halides is 3. The molecule has 0 atom stereocenters. The quantitative estimate of drug-likeness (QED) is 0.751. The van der Waals surface area contributed by atoms with E-state index in [1.165, 1.54) is 0 Å². The maximum Gasteiger partial charge on any atom is 0.236 e. The van der Waals surface area contributed by atoms with Crippen molar-refractivity contribution < 1.29 is 9.47 Å². The van der Waals surface area contributed by atoms with Crippen molar-refractivity contribution in [3.8, 4) is 11.6 Å². The third-order valence-corrected chi connectivity index (χ3v) is 3.00. The molecule has 0 bridgehead atoms. The Morgan fingerprint density at radius 2 is 1.67 bits per heavy atom. The van der Waals surface area contributed by atoms with E-state index < -0.39 is 3.79 Å². The fraction of sp³-hybridized carbons (Fsp3) is 0.545. The first kappa shape index (κ1) is 16.0. The van der Waals surface area contributed by atoms with Gasteiger partial charge in [-0.25, -0.2) is 4.98 Å². The number of ether oxygens (including phenoxy) is 2. The predicted octanol–water partition coefficient (Wildman–Crippen LogP) is 4.67. The molecule has 0 N–H and O–H groups in total. The Balaban J connectivity index is 3.45. The minimum absolute atomic E-state index is 0.203. The fourth-order valence-electron chi connectivity index (χ4n) is 1.43. The van der Waals surface area contributed by atoms with E-state index in [1.54, 1.807) is 6.92 Å². The SMILES string of the molecule is CCOc1nc(C(Cl)(Cl)Cl)c(C)c(OCC)c1Cl. The third-order valence-electron chi connectivity index (χ3n) is 2.13. The molecule has 1 aromatic heterocycles. The minimum Gasteiger partial charge on any atom is -0.492 e. The molecule has 0 aliphatic rings. The molecule has 0 radical (unpaired) electrons. The average molecular weight is 333 g/mol. The Morgan fingerprint density at radius 3 is 2.11 bits per heavy atom. The molecule has 0 unspecified atom stereocenters. The molecule has 102 valence electrons. The first-order chi connectivity index (χ1) is 8.32. The van der Waals surface area contributed by atoms with Gasteiger partial charge in [-0.1, -0.05) is 46.4 Å². The van der Waals surface area contributed by atoms with Gasteiger partial charge in [-0.3, -0.25) is 0 Å². The molecule has 1 rings (SSSR count). The number of hydrogen-bond acceptors (Lipinski definition) is 3. The summed E-state index contributed by atoms with van der Waals surface area (Å²) >= 11 is 23.8. The minimum atomic E-state index is -1.66. The third kappa shape index (κ3) is 3.47. The molecule has 18 heavy (non-hydrogen) atoms. The maximum atomic E-state index is 6.15. The molecular weight excluding hydrogens is 320 g/mol. The van der Waals surface area contributed by atoms with Crippen LogP contribution in [0.3, 0.4) is 0 Å². The Morgan fingerprint density at radius 1 is 1.11 bits per heavy atom. The van der Waals surface area contributed by atoms with Crippen molar-refractivity contribution in [2.45, 2.75) is 24.6 Å². The van der Waals surface area contributed by atoms with Crippen molar-refractivity contribution in [3.63, 3.8) is 0 Å². The average Bonchev–Trinajstić information content (AvgIpc) is 2.26. The van der Waals surface area contributed by atoms with Crippen molar-refractivity contribution in [2.24, 2.45) is 0 Å². The molecule has 1 aromatic rings. The van der Waals surface area contributed by atoms with Crippen molar-refractivity contribution in [1.82, 2.24) is 4.98 Å². The molecule has 0 fully saturated rings. The summed E-state index contributed by atoms with van der Waals surface area (Å²) in [4.78, 5) is 4.15. The van der Waals surface area contributed by atoms with Gasteiger partial charge in [-0.05, 0) is 20.8 Å². The van der Waals surface area contributed by atoms with Crippen LogP contribution in [0.15, 0.2) is 0 Å². The summed E-state index contributed by atoms with van der Waals surface area (Å²) in [6.45, 7) is 6.23. The smallest absolute Gasteiger partial charge is 0.236 e. The number of hydrogen-bond donors (Lipinski definition) is 0. The van der Waals surface area contributed by atoms with Crippen LogP contribution in [0.4, 0.5) is 0 Å². The Hall–Kier alpha value is -0.0900. The summed E-state index contributed by atoms with van der Waals surface area (Å²) in [6.07, 6.45) is 0. The standard InChI is InChI=1S/C11H13Cl4NO2/c1-4-17-8-6(3)9(11(13,14)15)16-10(7(8)12)18-5-2/h4-5H2,1-3H3. The summed E-state index contributed by atoms with van der Waals surface area (Å²) in [5.41, 5.74) is 0.842. The Labute approximate surface area is 126 Å². The highest BCUT2D eigenvalue weighted by Crippen LogP contribution is 2.45. The van der Waals surface area contributed by atoms with Crippen LogP contribution in [0.2, 0.25) is 5.02 Å². The van der Waals surface area contributed by atoms with Gasteiger partial charge in [0.25, 0.3) is 0 Å². The zero-order chi connectivity index (χ0) is 13.9. The van der Waals surface area contributed by atoms with E-state index in [0.717, 1.165) is 0 Å². The molecular formula is C11H13Cl4NO2. The molecule has 0 amide bonds. The van der Waals surface area contributed by atoms with Gasteiger partial charge in [0.05, 0.1) is 13.2 Å². The normalized spacial score (nSPS) is 11.5. The van der Waals surface area contributed by atoms with E-state index >= 15 is 0 Å². The van der Waals surface area contributed by atoms with Crippen molar-refractivity contribution in [2.75, 3.05) is 13.2 Å². The van der Waals surface area contributed by atoms with E-state index in [9.17, 15) is 0 Å². The molecule has 0 saturated carbocycles. The van der Waals surface area contributed by atoms with Gasteiger partial charge in [0.2, 0.25) is 9.67 Å². The van der Waals surface area contributed by atoms with Crippen molar-refractivity contribution in [3.05, 3.63) is 16.3 Å². The lowest BCUT2D eigenvalue weighted by atomic mass is 10.2. The van der Waals surface area contributed by atoms with Gasteiger partial charge < -0.3 is 9.47 Å². The van der Waals surface area contributed by atoms with Gasteiger partial charge in [0, 0.05) is 5.56 Å². The van der Waals surface area contributed by atoms with Crippen LogP contribution in [0, 0.1) is 6.92 Å². The second kappa shape index (κ2) is 6.38. The second-order valence-corrected chi connectivity index (χ2v) is 6.06. The molecule has 0 aliphatic carbocycles. The summed E-state index contributed by atoms with van der Waals surface area (Å²) in [6, 6.07) is 0. The number of nitrogens with zero attached hydrogens (tertiary/aromatic N) is 1. The zero-order valence-corrected chi connectivity index (χ0v) is 13.2. The Bertz CT molecular complexity index is 432. The highest BCUT2D eigenvalue weighted by molar-refractivity contribution is 6.66. The van der Waals surface area contributed by atoms with Gasteiger partial charge in [-0.2, -0.15) is 0 Å². The lowest BCUT2D eigenvalue weighted by Crippen LogP contribution is -2.11. The molecule has 1 heterocycles. The first-order valence-electron chi connectivity index (χ1n) is 5.35. The molecule has 7 heteroatoms. The lowest BCUT2D eigenvalue weighted by molar-refractivity contribution is 0.311. The highest BCUT2D eigenvalue weighted by Gasteiger charge is 2.31. The van der Waals surface area contributed by atoms with Gasteiger partial charge in [0.1, 0.15) is 16.5 Å². The second-order valence-electron chi connectivity index (χ2n) is 3.40. The summed E-state index contributed by atoms with van der Waals surface area (Å²) in [5, 5.41) is 0.286. The van der Waals surface area contributed by atoms with Crippen molar-refractivity contribution in [1.29, 1.82) is 0 Å². The van der Waals surface area contributed by atoms with Crippen LogP contribution in [0.1, 0.15) is 25.1 Å². The van der Waals surface area contributed by atoms with E-state index in [1.807, 2.05) is 13.8 Å². The molecule has 3 nitrogen and oxygen atoms in total. The van der Waals surface area contributed by atoms with Crippen molar-refractivity contribution >= 4 is 46.4 Å². The highest BCUT2D eigenvalue weighted by atomic mass is 35.6. The van der Waals surface area contributed by atoms with Crippen LogP contribution >= 0.6 is 46.4 Å². The topological polar surface area (TPSA) is 31.4 Å². The van der Waals surface area contributed by atoms with Crippen LogP contribution in [0.5, 0.6) is 11.6 Å². The van der Waals surface area contributed by atoms with Crippen LogP contribution < -0.4 is 9.47 Å². The van der Waals surface area contributed by atoms with Gasteiger partial charge >= 0.3 is 0 Å². The predicted molar refractivity (Wildman–Crippen MR) is 75.6 cm³/mol. The van der Waals surface area contributed by atoms with Gasteiger partial charge in [0.15, 0.2) is 0 Å². The zero-order valence-electron chi connectivity index (χ0n) is 10.2. The Kier molecular flexibility index (Phi) is 5.66. The first-order valence-corrected chi connectivity index (χ1v) is 6.86. The van der Waals surface area contributed by atoms with E-state index in [0.29, 0.717) is 24.5 Å². The molecule has 0 spiro atoms. The summed E-state index contributed by atoms with van der Waals surface area (Å²) < 4.78 is 9.12. The maximum absolute atomic E-state index is 6.15. The molecule has 0 aromatic carbocycles. The van der Waals surface area contributed by atoms with Gasteiger partial charge in [-0.15, -0.1) is 0 Å². The summed E-state index contributed by atoms with van der Waals surface area (Å²) in [7, 11) is 0. The number of halogens is 4. The lowest BCUT2D eigenvalue weighted by Gasteiger charge is -2.19. The fourth-order valence-corrected chi connectivity index (χ4v) is 2.27.